The monoisotopic (exact) mass is 453 g/mol. The van der Waals surface area contributed by atoms with Crippen LogP contribution in [-0.4, -0.2) is 53.7 Å². The SMILES string of the molecule is CCCCOc1ccc(C(O)=C2C(=O)C(=O)N(CCCOC)C2c2ccc(O)cc2)cc1C. The summed E-state index contributed by atoms with van der Waals surface area (Å²) in [5.41, 5.74) is 1.92. The highest BCUT2D eigenvalue weighted by atomic mass is 16.5. The molecule has 3 rings (SSSR count). The Morgan fingerprint density at radius 2 is 1.79 bits per heavy atom. The summed E-state index contributed by atoms with van der Waals surface area (Å²) in [6, 6.07) is 10.7. The van der Waals surface area contributed by atoms with E-state index in [4.69, 9.17) is 9.47 Å². The Morgan fingerprint density at radius 3 is 2.42 bits per heavy atom. The first-order valence-corrected chi connectivity index (χ1v) is 11.2. The van der Waals surface area contributed by atoms with Gasteiger partial charge in [0.2, 0.25) is 0 Å². The van der Waals surface area contributed by atoms with Crippen LogP contribution in [0.4, 0.5) is 0 Å². The number of ether oxygens (including phenoxy) is 2. The molecular formula is C26H31NO6. The normalized spacial score (nSPS) is 17.5. The fourth-order valence-corrected chi connectivity index (χ4v) is 3.93. The van der Waals surface area contributed by atoms with Gasteiger partial charge in [-0.25, -0.2) is 0 Å². The van der Waals surface area contributed by atoms with Gasteiger partial charge in [-0.15, -0.1) is 0 Å². The van der Waals surface area contributed by atoms with E-state index in [0.29, 0.717) is 37.3 Å². The maximum Gasteiger partial charge on any atom is 0.295 e. The zero-order valence-corrected chi connectivity index (χ0v) is 19.3. The molecule has 33 heavy (non-hydrogen) atoms. The van der Waals surface area contributed by atoms with Gasteiger partial charge in [-0.1, -0.05) is 25.5 Å². The number of amides is 1. The van der Waals surface area contributed by atoms with E-state index in [2.05, 4.69) is 6.92 Å². The Labute approximate surface area is 194 Å². The van der Waals surface area contributed by atoms with Gasteiger partial charge in [-0.05, 0) is 61.2 Å². The zero-order chi connectivity index (χ0) is 24.0. The van der Waals surface area contributed by atoms with Crippen LogP contribution >= 0.6 is 0 Å². The van der Waals surface area contributed by atoms with Crippen LogP contribution in [0, 0.1) is 6.92 Å². The largest absolute Gasteiger partial charge is 0.508 e. The highest BCUT2D eigenvalue weighted by Gasteiger charge is 2.45. The summed E-state index contributed by atoms with van der Waals surface area (Å²) in [7, 11) is 1.57. The number of hydrogen-bond acceptors (Lipinski definition) is 6. The molecule has 1 saturated heterocycles. The van der Waals surface area contributed by atoms with E-state index in [1.807, 2.05) is 6.92 Å². The number of benzene rings is 2. The van der Waals surface area contributed by atoms with Crippen molar-refractivity contribution in [3.05, 3.63) is 64.7 Å². The molecule has 1 atom stereocenters. The predicted octanol–water partition coefficient (Wildman–Crippen LogP) is 4.34. The van der Waals surface area contributed by atoms with E-state index in [0.717, 1.165) is 24.2 Å². The minimum atomic E-state index is -0.761. The van der Waals surface area contributed by atoms with E-state index < -0.39 is 17.7 Å². The van der Waals surface area contributed by atoms with Crippen LogP contribution in [-0.2, 0) is 14.3 Å². The van der Waals surface area contributed by atoms with Crippen molar-refractivity contribution in [1.82, 2.24) is 4.90 Å². The summed E-state index contributed by atoms with van der Waals surface area (Å²) in [4.78, 5) is 27.4. The summed E-state index contributed by atoms with van der Waals surface area (Å²) in [6.45, 7) is 5.30. The average molecular weight is 454 g/mol. The molecule has 1 heterocycles. The number of likely N-dealkylation sites (tertiary alicyclic amines) is 1. The number of hydrogen-bond donors (Lipinski definition) is 2. The number of aliphatic hydroxyl groups excluding tert-OH is 1. The predicted molar refractivity (Wildman–Crippen MR) is 125 cm³/mol. The molecule has 2 N–H and O–H groups in total. The number of aryl methyl sites for hydroxylation is 1. The second kappa shape index (κ2) is 11.0. The molecule has 1 unspecified atom stereocenters. The molecule has 176 valence electrons. The minimum absolute atomic E-state index is 0.0298. The number of rotatable bonds is 10. The molecule has 0 radical (unpaired) electrons. The van der Waals surface area contributed by atoms with Crippen LogP contribution in [0.2, 0.25) is 0 Å². The zero-order valence-electron chi connectivity index (χ0n) is 19.3. The number of phenolic OH excluding ortho intramolecular Hbond substituents is 1. The third kappa shape index (κ3) is 5.37. The highest BCUT2D eigenvalue weighted by molar-refractivity contribution is 6.46. The van der Waals surface area contributed by atoms with E-state index in [1.54, 1.807) is 37.4 Å². The van der Waals surface area contributed by atoms with Gasteiger partial charge in [0.25, 0.3) is 11.7 Å². The molecule has 0 bridgehead atoms. The number of carbonyl (C=O) groups is 2. The van der Waals surface area contributed by atoms with Gasteiger partial charge in [-0.3, -0.25) is 9.59 Å². The van der Waals surface area contributed by atoms with Crippen LogP contribution in [0.25, 0.3) is 5.76 Å². The van der Waals surface area contributed by atoms with Crippen molar-refractivity contribution in [2.24, 2.45) is 0 Å². The number of unbranched alkanes of at least 4 members (excludes halogenated alkanes) is 1. The van der Waals surface area contributed by atoms with Crippen molar-refractivity contribution in [3.63, 3.8) is 0 Å². The van der Waals surface area contributed by atoms with Gasteiger partial charge in [-0.2, -0.15) is 0 Å². The first-order valence-electron chi connectivity index (χ1n) is 11.2. The Hall–Kier alpha value is -3.32. The van der Waals surface area contributed by atoms with Gasteiger partial charge >= 0.3 is 0 Å². The molecule has 2 aromatic rings. The summed E-state index contributed by atoms with van der Waals surface area (Å²) in [5, 5.41) is 20.9. The average Bonchev–Trinajstić information content (AvgIpc) is 3.05. The van der Waals surface area contributed by atoms with Crippen LogP contribution < -0.4 is 4.74 Å². The lowest BCUT2D eigenvalue weighted by atomic mass is 9.94. The fourth-order valence-electron chi connectivity index (χ4n) is 3.93. The topological polar surface area (TPSA) is 96.3 Å². The number of aliphatic hydroxyl groups is 1. The van der Waals surface area contributed by atoms with Crippen LogP contribution in [0.15, 0.2) is 48.0 Å². The second-order valence-electron chi connectivity index (χ2n) is 8.11. The first kappa shape index (κ1) is 24.3. The van der Waals surface area contributed by atoms with Crippen molar-refractivity contribution in [3.8, 4) is 11.5 Å². The van der Waals surface area contributed by atoms with Gasteiger partial charge in [0.15, 0.2) is 0 Å². The van der Waals surface area contributed by atoms with Crippen molar-refractivity contribution >= 4 is 17.4 Å². The van der Waals surface area contributed by atoms with Crippen molar-refractivity contribution in [1.29, 1.82) is 0 Å². The molecule has 0 aliphatic carbocycles. The molecule has 0 spiro atoms. The van der Waals surface area contributed by atoms with E-state index in [1.165, 1.54) is 17.0 Å². The van der Waals surface area contributed by atoms with Gasteiger partial charge in [0, 0.05) is 25.8 Å². The number of carbonyl (C=O) groups excluding carboxylic acids is 2. The lowest BCUT2D eigenvalue weighted by Crippen LogP contribution is -2.31. The maximum atomic E-state index is 13.0. The Morgan fingerprint density at radius 1 is 1.06 bits per heavy atom. The number of methoxy groups -OCH3 is 1. The standard InChI is InChI=1S/C26H31NO6/c1-4-5-15-33-21-12-9-19(16-17(21)2)24(29)22-23(18-7-10-20(28)11-8-18)27(13-6-14-32-3)26(31)25(22)30/h7-12,16,23,28-29H,4-6,13-15H2,1-3H3. The van der Waals surface area contributed by atoms with Gasteiger partial charge in [0.05, 0.1) is 18.2 Å². The van der Waals surface area contributed by atoms with Crippen molar-refractivity contribution in [2.45, 2.75) is 39.2 Å². The Balaban J connectivity index is 2.03. The van der Waals surface area contributed by atoms with Gasteiger partial charge in [0.1, 0.15) is 17.3 Å². The van der Waals surface area contributed by atoms with Crippen molar-refractivity contribution < 1.29 is 29.3 Å². The third-order valence-corrected chi connectivity index (χ3v) is 5.70. The molecule has 1 aliphatic rings. The summed E-state index contributed by atoms with van der Waals surface area (Å²) in [6.07, 6.45) is 2.51. The molecule has 1 fully saturated rings. The molecule has 7 nitrogen and oxygen atoms in total. The second-order valence-corrected chi connectivity index (χ2v) is 8.11. The minimum Gasteiger partial charge on any atom is -0.508 e. The van der Waals surface area contributed by atoms with Crippen molar-refractivity contribution in [2.75, 3.05) is 26.9 Å². The molecule has 7 heteroatoms. The molecule has 1 amide bonds. The van der Waals surface area contributed by atoms with Gasteiger partial charge < -0.3 is 24.6 Å². The lowest BCUT2D eigenvalue weighted by molar-refractivity contribution is -0.140. The fraction of sp³-hybridized carbons (Fsp3) is 0.385. The number of phenols is 1. The summed E-state index contributed by atoms with van der Waals surface area (Å²) < 4.78 is 10.9. The molecule has 1 aliphatic heterocycles. The molecule has 2 aromatic carbocycles. The Kier molecular flexibility index (Phi) is 8.11. The number of ketones is 1. The number of Topliss-reactive ketones (excluding diaryl/α,β-unsaturated/α-hetero) is 1. The summed E-state index contributed by atoms with van der Waals surface area (Å²) >= 11 is 0. The summed E-state index contributed by atoms with van der Waals surface area (Å²) in [5.74, 6) is -0.839. The van der Waals surface area contributed by atoms with E-state index in [9.17, 15) is 19.8 Å². The van der Waals surface area contributed by atoms with Crippen LogP contribution in [0.5, 0.6) is 11.5 Å². The van der Waals surface area contributed by atoms with E-state index in [-0.39, 0.29) is 17.1 Å². The maximum absolute atomic E-state index is 13.0. The third-order valence-electron chi connectivity index (χ3n) is 5.70. The molecule has 0 saturated carbocycles. The van der Waals surface area contributed by atoms with Crippen LogP contribution in [0.1, 0.15) is 48.9 Å². The lowest BCUT2D eigenvalue weighted by Gasteiger charge is -2.25. The quantitative estimate of drug-likeness (QED) is 0.240. The number of nitrogens with zero attached hydrogens (tertiary/aromatic N) is 1. The molecule has 0 aromatic heterocycles. The van der Waals surface area contributed by atoms with E-state index >= 15 is 0 Å². The highest BCUT2D eigenvalue weighted by Crippen LogP contribution is 2.40. The number of aromatic hydroxyl groups is 1. The van der Waals surface area contributed by atoms with Crippen LogP contribution in [0.3, 0.4) is 0 Å². The first-order chi connectivity index (χ1) is 15.9. The smallest absolute Gasteiger partial charge is 0.295 e. The Bertz CT molecular complexity index is 1030. The molecular weight excluding hydrogens is 422 g/mol.